The number of nitrogens with two attached hydrogens (primary N) is 1. The first kappa shape index (κ1) is 28.2. The van der Waals surface area contributed by atoms with E-state index in [4.69, 9.17) is 20.2 Å². The van der Waals surface area contributed by atoms with Gasteiger partial charge in [0.15, 0.2) is 0 Å². The number of cyclic esters (lactones) is 1. The summed E-state index contributed by atoms with van der Waals surface area (Å²) in [6, 6.07) is 5.41. The fourth-order valence-electron chi connectivity index (χ4n) is 5.37. The molecule has 4 heterocycles. The van der Waals surface area contributed by atoms with Crippen LogP contribution in [0.15, 0.2) is 30.6 Å². The Morgan fingerprint density at radius 2 is 1.90 bits per heavy atom. The van der Waals surface area contributed by atoms with Gasteiger partial charge in [0.25, 0.3) is 0 Å². The minimum Gasteiger partial charge on any atom is -0.474 e. The molecular weight excluding hydrogens is 530 g/mol. The molecule has 10 nitrogen and oxygen atoms in total. The molecule has 1 fully saturated rings. The highest BCUT2D eigenvalue weighted by molar-refractivity contribution is 7.90. The van der Waals surface area contributed by atoms with Gasteiger partial charge in [-0.3, -0.25) is 0 Å². The van der Waals surface area contributed by atoms with Crippen molar-refractivity contribution in [2.45, 2.75) is 83.0 Å². The van der Waals surface area contributed by atoms with Crippen molar-refractivity contribution in [1.29, 1.82) is 0 Å². The summed E-state index contributed by atoms with van der Waals surface area (Å²) in [6.07, 6.45) is 7.10. The minimum atomic E-state index is -3.11. The molecule has 1 unspecified atom stereocenters. The first-order chi connectivity index (χ1) is 18.7. The van der Waals surface area contributed by atoms with Crippen molar-refractivity contribution in [2.75, 3.05) is 17.3 Å². The summed E-state index contributed by atoms with van der Waals surface area (Å²) in [4.78, 5) is 26.7. The molecule has 214 valence electrons. The molecule has 11 heteroatoms. The first-order valence-electron chi connectivity index (χ1n) is 13.6. The van der Waals surface area contributed by atoms with Crippen LogP contribution < -0.4 is 15.8 Å². The standard InChI is InChI=1S/C29H37N5O5S/c1-7-28(5,30)21-16-32-25(38-17(2)10-13-40(6,36)37)20-15-31-23(14-19(20)21)33-22-9-8-18-24(34-22)29(11-12-29)27(3,4)39-26(18)35/h8-9,14-17H,7,10-13,30H2,1-6H3,(H,31,33,34)/t17-,28?/m0/s1. The van der Waals surface area contributed by atoms with Crippen molar-refractivity contribution < 1.29 is 22.7 Å². The highest BCUT2D eigenvalue weighted by atomic mass is 32.2. The summed E-state index contributed by atoms with van der Waals surface area (Å²) < 4.78 is 35.0. The SMILES string of the molecule is CCC(C)(N)c1cnc(O[C@@H](C)CCS(C)(=O)=O)c2cnc(Nc3ccc4c(n3)C3(CC3)C(C)(C)OC4=O)cc12. The van der Waals surface area contributed by atoms with Crippen LogP contribution >= 0.6 is 0 Å². The highest BCUT2D eigenvalue weighted by Crippen LogP contribution is 2.59. The molecule has 3 aromatic rings. The van der Waals surface area contributed by atoms with E-state index in [-0.39, 0.29) is 23.2 Å². The average Bonchev–Trinajstić information content (AvgIpc) is 3.69. The topological polar surface area (TPSA) is 146 Å². The average molecular weight is 568 g/mol. The summed E-state index contributed by atoms with van der Waals surface area (Å²) in [6.45, 7) is 9.68. The zero-order chi connectivity index (χ0) is 29.1. The molecule has 3 aromatic heterocycles. The van der Waals surface area contributed by atoms with Gasteiger partial charge in [-0.15, -0.1) is 0 Å². The van der Waals surface area contributed by atoms with Crippen LogP contribution in [-0.2, 0) is 25.5 Å². The molecule has 2 atom stereocenters. The summed E-state index contributed by atoms with van der Waals surface area (Å²) in [5, 5.41) is 4.81. The van der Waals surface area contributed by atoms with Crippen molar-refractivity contribution in [2.24, 2.45) is 5.73 Å². The number of nitrogens with zero attached hydrogens (tertiary/aromatic N) is 3. The van der Waals surface area contributed by atoms with Gasteiger partial charge in [0, 0.05) is 24.2 Å². The maximum atomic E-state index is 12.6. The van der Waals surface area contributed by atoms with Crippen LogP contribution in [0.5, 0.6) is 5.88 Å². The molecule has 0 amide bonds. The van der Waals surface area contributed by atoms with E-state index in [1.165, 1.54) is 6.26 Å². The van der Waals surface area contributed by atoms with E-state index in [1.807, 2.05) is 40.7 Å². The second-order valence-corrected chi connectivity index (χ2v) is 14.2. The lowest BCUT2D eigenvalue weighted by Crippen LogP contribution is -2.46. The Morgan fingerprint density at radius 1 is 1.18 bits per heavy atom. The van der Waals surface area contributed by atoms with Crippen LogP contribution in [0.2, 0.25) is 0 Å². The summed E-state index contributed by atoms with van der Waals surface area (Å²) in [5.74, 6) is 1.18. The minimum absolute atomic E-state index is 0.0250. The molecule has 0 saturated heterocycles. The number of nitrogens with one attached hydrogen (secondary N) is 1. The number of carbonyl (C=O) groups excluding carboxylic acids is 1. The van der Waals surface area contributed by atoms with Gasteiger partial charge in [-0.2, -0.15) is 0 Å². The van der Waals surface area contributed by atoms with Gasteiger partial charge >= 0.3 is 5.97 Å². The van der Waals surface area contributed by atoms with Crippen LogP contribution in [0.25, 0.3) is 10.8 Å². The van der Waals surface area contributed by atoms with E-state index < -0.39 is 21.0 Å². The number of hydrogen-bond acceptors (Lipinski definition) is 10. The summed E-state index contributed by atoms with van der Waals surface area (Å²) in [5.41, 5.74) is 7.23. The zero-order valence-electron chi connectivity index (χ0n) is 23.9. The highest BCUT2D eigenvalue weighted by Gasteiger charge is 2.63. The number of esters is 1. The van der Waals surface area contributed by atoms with Gasteiger partial charge in [0.05, 0.1) is 33.9 Å². The van der Waals surface area contributed by atoms with Crippen molar-refractivity contribution in [3.63, 3.8) is 0 Å². The predicted molar refractivity (Wildman–Crippen MR) is 154 cm³/mol. The number of aromatic nitrogens is 3. The number of sulfone groups is 1. The molecule has 1 aliphatic heterocycles. The van der Waals surface area contributed by atoms with E-state index in [2.05, 4.69) is 15.3 Å². The van der Waals surface area contributed by atoms with Crippen LogP contribution in [0.4, 0.5) is 11.6 Å². The normalized spacial score (nSPS) is 19.4. The van der Waals surface area contributed by atoms with Gasteiger partial charge in [0.2, 0.25) is 5.88 Å². The van der Waals surface area contributed by atoms with Gasteiger partial charge < -0.3 is 20.5 Å². The Morgan fingerprint density at radius 3 is 2.55 bits per heavy atom. The Labute approximate surface area is 235 Å². The first-order valence-corrected chi connectivity index (χ1v) is 15.7. The lowest BCUT2D eigenvalue weighted by molar-refractivity contribution is -0.0285. The molecule has 2 aliphatic rings. The number of anilines is 2. The van der Waals surface area contributed by atoms with Crippen molar-refractivity contribution in [1.82, 2.24) is 15.0 Å². The van der Waals surface area contributed by atoms with Crippen LogP contribution in [0.1, 0.15) is 81.9 Å². The van der Waals surface area contributed by atoms with E-state index in [0.29, 0.717) is 41.3 Å². The smallest absolute Gasteiger partial charge is 0.340 e. The van der Waals surface area contributed by atoms with Crippen LogP contribution in [0.3, 0.4) is 0 Å². The lowest BCUT2D eigenvalue weighted by atomic mass is 9.80. The van der Waals surface area contributed by atoms with Gasteiger partial charge in [-0.1, -0.05) is 6.92 Å². The van der Waals surface area contributed by atoms with Crippen molar-refractivity contribution in [3.05, 3.63) is 47.4 Å². The second kappa shape index (κ2) is 9.66. The molecule has 3 N–H and O–H groups in total. The predicted octanol–water partition coefficient (Wildman–Crippen LogP) is 4.53. The molecule has 0 radical (unpaired) electrons. The maximum absolute atomic E-state index is 12.6. The Hall–Kier alpha value is -3.31. The van der Waals surface area contributed by atoms with Crippen molar-refractivity contribution in [3.8, 4) is 5.88 Å². The number of hydrogen-bond donors (Lipinski definition) is 2. The van der Waals surface area contributed by atoms with Gasteiger partial charge in [0.1, 0.15) is 27.1 Å². The third-order valence-corrected chi connectivity index (χ3v) is 9.35. The Balaban J connectivity index is 1.50. The Bertz CT molecular complexity index is 1600. The monoisotopic (exact) mass is 567 g/mol. The Kier molecular flexibility index (Phi) is 6.81. The number of pyridine rings is 3. The summed E-state index contributed by atoms with van der Waals surface area (Å²) >= 11 is 0. The molecule has 0 aromatic carbocycles. The molecule has 0 bridgehead atoms. The number of fused-ring (bicyclic) bond motifs is 3. The van der Waals surface area contributed by atoms with Crippen molar-refractivity contribution >= 4 is 38.2 Å². The van der Waals surface area contributed by atoms with E-state index in [1.54, 1.807) is 24.5 Å². The third kappa shape index (κ3) is 5.12. The number of ether oxygens (including phenoxy) is 2. The molecule has 1 aliphatic carbocycles. The quantitative estimate of drug-likeness (QED) is 0.353. The molecular formula is C29H37N5O5S. The van der Waals surface area contributed by atoms with Crippen LogP contribution in [0, 0.1) is 0 Å². The van der Waals surface area contributed by atoms with Gasteiger partial charge in [-0.25, -0.2) is 28.2 Å². The van der Waals surface area contributed by atoms with E-state index in [0.717, 1.165) is 29.5 Å². The lowest BCUT2D eigenvalue weighted by Gasteiger charge is -2.39. The second-order valence-electron chi connectivity index (χ2n) is 11.9. The zero-order valence-corrected chi connectivity index (χ0v) is 24.7. The largest absolute Gasteiger partial charge is 0.474 e. The molecule has 5 rings (SSSR count). The number of rotatable bonds is 9. The van der Waals surface area contributed by atoms with Crippen LogP contribution in [-0.4, -0.2) is 53.1 Å². The third-order valence-electron chi connectivity index (χ3n) is 8.37. The molecule has 40 heavy (non-hydrogen) atoms. The molecule has 1 saturated carbocycles. The number of carbonyl (C=O) groups is 1. The summed E-state index contributed by atoms with van der Waals surface area (Å²) in [7, 11) is -3.11. The van der Waals surface area contributed by atoms with E-state index in [9.17, 15) is 13.2 Å². The fraction of sp³-hybridized carbons (Fsp3) is 0.517. The molecule has 1 spiro atoms. The van der Waals surface area contributed by atoms with Gasteiger partial charge in [-0.05, 0) is 82.5 Å². The van der Waals surface area contributed by atoms with E-state index >= 15 is 0 Å². The fourth-order valence-corrected chi connectivity index (χ4v) is 6.13. The maximum Gasteiger partial charge on any atom is 0.340 e.